The lowest BCUT2D eigenvalue weighted by atomic mass is 10.0. The lowest BCUT2D eigenvalue weighted by molar-refractivity contribution is -0.148. The van der Waals surface area contributed by atoms with Crippen LogP contribution in [0.25, 0.3) is 0 Å². The number of ether oxygens (including phenoxy) is 1. The molecule has 1 unspecified atom stereocenters. The first kappa shape index (κ1) is 17.9. The van der Waals surface area contributed by atoms with Crippen LogP contribution < -0.4 is 0 Å². The van der Waals surface area contributed by atoms with Gasteiger partial charge in [0.05, 0.1) is 13.7 Å². The van der Waals surface area contributed by atoms with Crippen LogP contribution >= 0.6 is 0 Å². The van der Waals surface area contributed by atoms with Crippen LogP contribution in [0.3, 0.4) is 0 Å². The largest absolute Gasteiger partial charge is 0.521 e. The average molecular weight is 287 g/mol. The first-order valence-electron chi connectivity index (χ1n) is 6.30. The Morgan fingerprint density at radius 2 is 1.89 bits per heavy atom. The second-order valence-electron chi connectivity index (χ2n) is 5.54. The molecule has 0 fully saturated rings. The lowest BCUT2D eigenvalue weighted by Gasteiger charge is -2.38. The van der Waals surface area contributed by atoms with E-state index in [2.05, 4.69) is 11.3 Å². The van der Waals surface area contributed by atoms with Gasteiger partial charge in [0.15, 0.2) is 0 Å². The van der Waals surface area contributed by atoms with E-state index < -0.39 is 21.1 Å². The molecule has 0 aromatic rings. The highest BCUT2D eigenvalue weighted by Crippen LogP contribution is 2.19. The summed E-state index contributed by atoms with van der Waals surface area (Å²) in [5.74, 6) is -0.744. The van der Waals surface area contributed by atoms with Crippen molar-refractivity contribution in [2.24, 2.45) is 0 Å². The van der Waals surface area contributed by atoms with E-state index >= 15 is 0 Å². The molecule has 110 valence electrons. The van der Waals surface area contributed by atoms with Gasteiger partial charge < -0.3 is 9.16 Å². The zero-order valence-corrected chi connectivity index (χ0v) is 13.9. The Morgan fingerprint density at radius 3 is 2.21 bits per heavy atom. The topological polar surface area (TPSA) is 55.8 Å². The Bertz CT molecular complexity index is 336. The number of hydrogen-bond acceptors (Lipinski definition) is 5. The van der Waals surface area contributed by atoms with E-state index in [4.69, 9.17) is 4.43 Å². The third-order valence-corrected chi connectivity index (χ3v) is 3.24. The molecule has 0 heterocycles. The van der Waals surface area contributed by atoms with E-state index in [1.807, 2.05) is 33.9 Å². The van der Waals surface area contributed by atoms with Gasteiger partial charge in [-0.3, -0.25) is 14.5 Å². The number of nitrogens with zero attached hydrogens (tertiary/aromatic N) is 1. The molecule has 0 aromatic carbocycles. The van der Waals surface area contributed by atoms with E-state index in [-0.39, 0.29) is 18.1 Å². The van der Waals surface area contributed by atoms with Crippen molar-refractivity contribution in [1.82, 2.24) is 4.90 Å². The second kappa shape index (κ2) is 7.45. The highest BCUT2D eigenvalue weighted by molar-refractivity contribution is 6.50. The minimum atomic E-state index is -1.48. The van der Waals surface area contributed by atoms with Crippen molar-refractivity contribution in [2.75, 3.05) is 13.7 Å². The zero-order valence-electron chi connectivity index (χ0n) is 12.7. The third-order valence-electron chi connectivity index (χ3n) is 2.54. The van der Waals surface area contributed by atoms with Crippen LogP contribution in [0.1, 0.15) is 20.8 Å². The quantitative estimate of drug-likeness (QED) is 0.419. The van der Waals surface area contributed by atoms with Gasteiger partial charge in [-0.05, 0) is 33.9 Å². The summed E-state index contributed by atoms with van der Waals surface area (Å²) in [6.45, 7) is 13.3. The van der Waals surface area contributed by atoms with Gasteiger partial charge in [0.1, 0.15) is 6.04 Å². The molecule has 0 amide bonds. The highest BCUT2D eigenvalue weighted by Gasteiger charge is 2.34. The molecule has 0 saturated carbocycles. The van der Waals surface area contributed by atoms with E-state index in [0.717, 1.165) is 0 Å². The number of rotatable bonds is 6. The lowest BCUT2D eigenvalue weighted by Crippen LogP contribution is -2.53. The summed E-state index contributed by atoms with van der Waals surface area (Å²) >= 11 is 0. The third kappa shape index (κ3) is 6.02. The minimum absolute atomic E-state index is 0.0193. The predicted octanol–water partition coefficient (Wildman–Crippen LogP) is 1.34. The predicted molar refractivity (Wildman–Crippen MR) is 77.4 cm³/mol. The summed E-state index contributed by atoms with van der Waals surface area (Å²) in [7, 11) is -0.152. The molecule has 0 aromatic heterocycles. The monoisotopic (exact) mass is 287 g/mol. The molecule has 0 radical (unpaired) electrons. The van der Waals surface area contributed by atoms with E-state index in [9.17, 15) is 9.59 Å². The summed E-state index contributed by atoms with van der Waals surface area (Å²) in [5, 5.41) is 0. The summed E-state index contributed by atoms with van der Waals surface area (Å²) in [6.07, 6.45) is 1.51. The molecule has 0 aliphatic carbocycles. The first-order valence-corrected chi connectivity index (χ1v) is 9.08. The van der Waals surface area contributed by atoms with Gasteiger partial charge in [0, 0.05) is 5.54 Å². The maximum atomic E-state index is 12.1. The minimum Gasteiger partial charge on any atom is -0.521 e. The van der Waals surface area contributed by atoms with Gasteiger partial charge in [-0.1, -0.05) is 6.08 Å². The number of esters is 1. The fourth-order valence-electron chi connectivity index (χ4n) is 1.61. The molecular formula is C13H25NO4Si. The summed E-state index contributed by atoms with van der Waals surface area (Å²) in [4.78, 5) is 25.3. The number of hydrogen-bond donors (Lipinski definition) is 0. The Labute approximate surface area is 117 Å². The second-order valence-corrected chi connectivity index (χ2v) is 7.87. The molecular weight excluding hydrogens is 262 g/mol. The van der Waals surface area contributed by atoms with Crippen molar-refractivity contribution in [2.45, 2.75) is 45.4 Å². The van der Waals surface area contributed by atoms with E-state index in [1.54, 1.807) is 4.90 Å². The fourth-order valence-corrected chi connectivity index (χ4v) is 2.21. The van der Waals surface area contributed by atoms with Crippen molar-refractivity contribution >= 4 is 21.0 Å². The van der Waals surface area contributed by atoms with Crippen molar-refractivity contribution in [1.29, 1.82) is 0 Å². The molecule has 0 aliphatic rings. The maximum Gasteiger partial charge on any atom is 0.319 e. The molecule has 1 atom stereocenters. The maximum absolute atomic E-state index is 12.1. The average Bonchev–Trinajstić information content (AvgIpc) is 2.26. The van der Waals surface area contributed by atoms with Gasteiger partial charge in [-0.2, -0.15) is 0 Å². The zero-order chi connectivity index (χ0) is 15.2. The normalized spacial score (nSPS) is 13.3. The number of methoxy groups -OCH3 is 1. The first-order chi connectivity index (χ1) is 8.63. The fraction of sp³-hybridized carbons (Fsp3) is 0.692. The molecule has 6 heteroatoms. The Morgan fingerprint density at radius 1 is 1.37 bits per heavy atom. The van der Waals surface area contributed by atoms with Crippen LogP contribution in [0.4, 0.5) is 0 Å². The van der Waals surface area contributed by atoms with Crippen LogP contribution in [0.15, 0.2) is 12.7 Å². The number of carbonyl (C=O) groups excluding carboxylic acids is 2. The van der Waals surface area contributed by atoms with Crippen LogP contribution in [-0.2, 0) is 18.8 Å². The smallest absolute Gasteiger partial charge is 0.319 e. The van der Waals surface area contributed by atoms with Crippen molar-refractivity contribution in [3.63, 3.8) is 0 Å². The highest BCUT2D eigenvalue weighted by atomic mass is 28.3. The van der Waals surface area contributed by atoms with Crippen molar-refractivity contribution in [3.8, 4) is 0 Å². The summed E-state index contributed by atoms with van der Waals surface area (Å²) in [5.41, 5.74) is -0.384. The van der Waals surface area contributed by atoms with Crippen LogP contribution in [-0.4, -0.2) is 51.1 Å². The summed E-state index contributed by atoms with van der Waals surface area (Å²) < 4.78 is 10.0. The van der Waals surface area contributed by atoms with Crippen LogP contribution in [0.5, 0.6) is 0 Å². The Hall–Kier alpha value is -1.14. The van der Waals surface area contributed by atoms with Crippen molar-refractivity contribution in [3.05, 3.63) is 12.7 Å². The van der Waals surface area contributed by atoms with E-state index in [1.165, 1.54) is 13.2 Å². The number of carbonyl (C=O) groups is 2. The SMILES string of the molecule is C=CC(C(=O)O[SiH](C)C)N(CC(=O)OC)C(C)(C)C. The molecule has 19 heavy (non-hydrogen) atoms. The molecule has 0 saturated heterocycles. The standard InChI is InChI=1S/C13H25NO4Si/c1-8-10(12(16)18-19(6)7)14(13(2,3)4)9-11(15)17-5/h8,10,19H,1,9H2,2-7H3. The van der Waals surface area contributed by atoms with Gasteiger partial charge in [0.25, 0.3) is 0 Å². The molecule has 0 spiro atoms. The van der Waals surface area contributed by atoms with Crippen molar-refractivity contribution < 1.29 is 18.8 Å². The molecule has 5 nitrogen and oxygen atoms in total. The van der Waals surface area contributed by atoms with Crippen LogP contribution in [0, 0.1) is 0 Å². The Kier molecular flexibility index (Phi) is 7.00. The molecule has 0 rings (SSSR count). The molecule has 0 N–H and O–H groups in total. The Balaban J connectivity index is 5.14. The van der Waals surface area contributed by atoms with Gasteiger partial charge in [-0.25, -0.2) is 0 Å². The van der Waals surface area contributed by atoms with Gasteiger partial charge in [-0.15, -0.1) is 6.58 Å². The molecule has 0 aliphatic heterocycles. The van der Waals surface area contributed by atoms with Gasteiger partial charge >= 0.3 is 11.9 Å². The van der Waals surface area contributed by atoms with Gasteiger partial charge in [0.2, 0.25) is 9.04 Å². The summed E-state index contributed by atoms with van der Waals surface area (Å²) in [6, 6.07) is -0.644. The molecule has 0 bridgehead atoms. The van der Waals surface area contributed by atoms with E-state index in [0.29, 0.717) is 0 Å². The van der Waals surface area contributed by atoms with Crippen LogP contribution in [0.2, 0.25) is 13.1 Å².